The summed E-state index contributed by atoms with van der Waals surface area (Å²) in [5.74, 6) is 1.19. The van der Waals surface area contributed by atoms with Crippen molar-refractivity contribution in [2.45, 2.75) is 40.0 Å². The summed E-state index contributed by atoms with van der Waals surface area (Å²) in [4.78, 5) is 11.6. The monoisotopic (exact) mass is 232 g/mol. The van der Waals surface area contributed by atoms with Crippen LogP contribution in [0.25, 0.3) is 0 Å². The molecule has 0 aliphatic heterocycles. The van der Waals surface area contributed by atoms with E-state index in [4.69, 9.17) is 0 Å². The first-order valence-corrected chi connectivity index (χ1v) is 4.52. The van der Waals surface area contributed by atoms with Gasteiger partial charge >= 0.3 is 21.7 Å². The van der Waals surface area contributed by atoms with Crippen molar-refractivity contribution >= 4 is 5.78 Å². The molecular weight excluding hydrogens is 216 g/mol. The van der Waals surface area contributed by atoms with E-state index in [9.17, 15) is 4.79 Å². The van der Waals surface area contributed by atoms with Crippen LogP contribution in [0.1, 0.15) is 40.0 Å². The predicted octanol–water partition coefficient (Wildman–Crippen LogP) is 2.16. The fourth-order valence-corrected chi connectivity index (χ4v) is 2.90. The van der Waals surface area contributed by atoms with Crippen LogP contribution in [0, 0.1) is 16.7 Å². The topological polar surface area (TPSA) is 74.1 Å². The number of carbonyl (C=O) groups is 1. The molecule has 2 fully saturated rings. The van der Waals surface area contributed by atoms with Gasteiger partial charge in [0.1, 0.15) is 5.78 Å². The molecule has 0 N–H and O–H groups in total. The van der Waals surface area contributed by atoms with E-state index in [2.05, 4.69) is 20.8 Å². The molecule has 0 amide bonds. The van der Waals surface area contributed by atoms with Crippen LogP contribution in [-0.4, -0.2) is 5.78 Å². The number of ketones is 1. The number of rotatable bonds is 0. The van der Waals surface area contributed by atoms with Gasteiger partial charge < -0.3 is 11.0 Å². The minimum Gasteiger partial charge on any atom is -2.00 e. The fraction of sp³-hybridized carbons (Fsp3) is 0.900. The molecule has 2 atom stereocenters. The molecule has 2 aliphatic carbocycles. The summed E-state index contributed by atoms with van der Waals surface area (Å²) in [5.41, 5.74) is 0.307. The van der Waals surface area contributed by atoms with Crippen molar-refractivity contribution in [3.05, 3.63) is 0 Å². The molecule has 0 spiro atoms. The van der Waals surface area contributed by atoms with Crippen molar-refractivity contribution in [2.75, 3.05) is 0 Å². The third kappa shape index (κ3) is 1.60. The van der Waals surface area contributed by atoms with Crippen molar-refractivity contribution in [2.24, 2.45) is 16.7 Å². The molecule has 2 bridgehead atoms. The van der Waals surface area contributed by atoms with Crippen molar-refractivity contribution in [3.63, 3.8) is 0 Å². The molecule has 0 radical (unpaired) electrons. The van der Waals surface area contributed by atoms with E-state index in [1.165, 1.54) is 6.42 Å². The smallest absolute Gasteiger partial charge is 2.00 e. The number of Topliss-reactive ketones (excluding diaryl/α,β-unsaturated/α-hetero) is 1. The van der Waals surface area contributed by atoms with E-state index in [0.717, 1.165) is 12.8 Å². The first-order valence-electron chi connectivity index (χ1n) is 4.52. The van der Waals surface area contributed by atoms with Gasteiger partial charge in [-0.2, -0.15) is 0 Å². The van der Waals surface area contributed by atoms with Crippen LogP contribution < -0.4 is 0 Å². The van der Waals surface area contributed by atoms with Gasteiger partial charge in [-0.15, -0.1) is 0 Å². The Labute approximate surface area is 100 Å². The summed E-state index contributed by atoms with van der Waals surface area (Å²) >= 11 is 0. The molecule has 14 heavy (non-hydrogen) atoms. The number of hydrogen-bond acceptors (Lipinski definition) is 1. The zero-order valence-electron chi connectivity index (χ0n) is 8.92. The maximum Gasteiger partial charge on any atom is 4.00 e. The Bertz CT molecular complexity index is 227. The molecular formula is C10H16O3Ti. The largest absolute Gasteiger partial charge is 4.00 e. The van der Waals surface area contributed by atoms with Gasteiger partial charge in [0.15, 0.2) is 0 Å². The van der Waals surface area contributed by atoms with Crippen molar-refractivity contribution in [1.29, 1.82) is 0 Å². The molecule has 0 heterocycles. The van der Waals surface area contributed by atoms with Crippen LogP contribution in [0.15, 0.2) is 0 Å². The van der Waals surface area contributed by atoms with Crippen molar-refractivity contribution in [1.82, 2.24) is 0 Å². The van der Waals surface area contributed by atoms with Gasteiger partial charge in [0.25, 0.3) is 0 Å². The fourth-order valence-electron chi connectivity index (χ4n) is 2.90. The van der Waals surface area contributed by atoms with Crippen LogP contribution >= 0.6 is 0 Å². The third-order valence-electron chi connectivity index (χ3n) is 4.48. The van der Waals surface area contributed by atoms with Crippen molar-refractivity contribution < 1.29 is 37.5 Å². The summed E-state index contributed by atoms with van der Waals surface area (Å²) in [6.07, 6.45) is 3.25. The number of carbonyl (C=O) groups excluding carboxylic acids is 1. The summed E-state index contributed by atoms with van der Waals surface area (Å²) in [6.45, 7) is 6.67. The maximum atomic E-state index is 11.6. The summed E-state index contributed by atoms with van der Waals surface area (Å²) in [5, 5.41) is 0. The van der Waals surface area contributed by atoms with Crippen LogP contribution in [0.4, 0.5) is 0 Å². The zero-order valence-corrected chi connectivity index (χ0v) is 10.5. The van der Waals surface area contributed by atoms with Gasteiger partial charge in [0.2, 0.25) is 0 Å². The molecule has 4 heteroatoms. The molecule has 0 aromatic carbocycles. The molecule has 2 aliphatic rings. The molecule has 2 saturated carbocycles. The van der Waals surface area contributed by atoms with Crippen LogP contribution in [0.2, 0.25) is 0 Å². The zero-order chi connectivity index (χ0) is 8.28. The molecule has 0 saturated heterocycles. The van der Waals surface area contributed by atoms with E-state index in [1.807, 2.05) is 0 Å². The van der Waals surface area contributed by atoms with E-state index < -0.39 is 0 Å². The van der Waals surface area contributed by atoms with Gasteiger partial charge in [-0.3, -0.25) is 4.79 Å². The molecule has 2 rings (SSSR count). The average Bonchev–Trinajstić information content (AvgIpc) is 2.20. The Balaban J connectivity index is 0. The normalized spacial score (nSPS) is 36.8. The number of hydrogen-bond donors (Lipinski definition) is 0. The predicted molar refractivity (Wildman–Crippen MR) is 45.6 cm³/mol. The maximum absolute atomic E-state index is 11.6. The molecule has 0 aromatic heterocycles. The first-order chi connectivity index (χ1) is 4.98. The second kappa shape index (κ2) is 4.44. The SMILES string of the molecule is CC12CCC(CC1=O)C2(C)C.[O-2].[O-2].[Ti+4]. The van der Waals surface area contributed by atoms with Crippen LogP contribution in [0.3, 0.4) is 0 Å². The van der Waals surface area contributed by atoms with Gasteiger partial charge in [0.05, 0.1) is 0 Å². The summed E-state index contributed by atoms with van der Waals surface area (Å²) in [7, 11) is 0. The van der Waals surface area contributed by atoms with Crippen molar-refractivity contribution in [3.8, 4) is 0 Å². The molecule has 2 unspecified atom stereocenters. The minimum atomic E-state index is 0. The molecule has 3 nitrogen and oxygen atoms in total. The van der Waals surface area contributed by atoms with Gasteiger partial charge in [-0.1, -0.05) is 20.8 Å². The van der Waals surface area contributed by atoms with Crippen LogP contribution in [0.5, 0.6) is 0 Å². The van der Waals surface area contributed by atoms with Gasteiger partial charge in [-0.25, -0.2) is 0 Å². The Morgan fingerprint density at radius 2 is 1.71 bits per heavy atom. The standard InChI is InChI=1S/C10H16O.2O.Ti/c1-9(2)7-4-5-10(9,3)8(11)6-7;;;/h7H,4-6H2,1-3H3;;;/q;2*-2;+4. The quantitative estimate of drug-likeness (QED) is 0.589. The Morgan fingerprint density at radius 3 is 1.86 bits per heavy atom. The van der Waals surface area contributed by atoms with E-state index in [-0.39, 0.29) is 43.5 Å². The third-order valence-corrected chi connectivity index (χ3v) is 4.48. The second-order valence-electron chi connectivity index (χ2n) is 4.92. The van der Waals surface area contributed by atoms with E-state index in [1.54, 1.807) is 0 Å². The second-order valence-corrected chi connectivity index (χ2v) is 4.92. The van der Waals surface area contributed by atoms with E-state index >= 15 is 0 Å². The Kier molecular flexibility index (Phi) is 5.30. The Morgan fingerprint density at radius 1 is 1.21 bits per heavy atom. The van der Waals surface area contributed by atoms with Crippen LogP contribution in [-0.2, 0) is 37.5 Å². The summed E-state index contributed by atoms with van der Waals surface area (Å²) in [6, 6.07) is 0. The average molecular weight is 232 g/mol. The van der Waals surface area contributed by atoms with E-state index in [0.29, 0.717) is 11.7 Å². The molecule has 0 aromatic rings. The first kappa shape index (κ1) is 16.7. The summed E-state index contributed by atoms with van der Waals surface area (Å²) < 4.78 is 0. The Hall–Kier alpha value is 0.304. The minimum absolute atomic E-state index is 0. The van der Waals surface area contributed by atoms with Gasteiger partial charge in [-0.05, 0) is 24.2 Å². The van der Waals surface area contributed by atoms with Gasteiger partial charge in [0, 0.05) is 11.8 Å². The number of fused-ring (bicyclic) bond motifs is 2. The molecule has 78 valence electrons.